The molecule has 140 valence electrons. The van der Waals surface area contributed by atoms with E-state index in [0.717, 1.165) is 5.56 Å². The number of rotatable bonds is 5. The number of amides is 2. The highest BCUT2D eigenvalue weighted by Gasteiger charge is 2.22. The first-order valence-electron chi connectivity index (χ1n) is 8.29. The van der Waals surface area contributed by atoms with E-state index in [4.69, 9.17) is 11.6 Å². The van der Waals surface area contributed by atoms with Gasteiger partial charge >= 0.3 is 6.03 Å². The third-order valence-electron chi connectivity index (χ3n) is 4.03. The zero-order chi connectivity index (χ0) is 19.3. The topological polar surface area (TPSA) is 88.2 Å². The van der Waals surface area contributed by atoms with Crippen LogP contribution in [-0.4, -0.2) is 19.4 Å². The van der Waals surface area contributed by atoms with Gasteiger partial charge in [-0.15, -0.1) is 0 Å². The molecule has 0 unspecified atom stereocenters. The molecule has 1 aliphatic carbocycles. The number of urea groups is 1. The summed E-state index contributed by atoms with van der Waals surface area (Å²) >= 11 is 5.81. The number of benzene rings is 1. The van der Waals surface area contributed by atoms with Gasteiger partial charge in [-0.3, -0.25) is 4.98 Å². The van der Waals surface area contributed by atoms with Crippen molar-refractivity contribution in [3.05, 3.63) is 82.1 Å². The van der Waals surface area contributed by atoms with Crippen molar-refractivity contribution >= 4 is 27.5 Å². The Bertz CT molecular complexity index is 985. The van der Waals surface area contributed by atoms with E-state index in [1.54, 1.807) is 36.7 Å². The molecule has 2 N–H and O–H groups in total. The monoisotopic (exact) mass is 403 g/mol. The van der Waals surface area contributed by atoms with E-state index < -0.39 is 9.84 Å². The lowest BCUT2D eigenvalue weighted by molar-refractivity contribution is 0.242. The van der Waals surface area contributed by atoms with E-state index in [-0.39, 0.29) is 10.9 Å². The fourth-order valence-corrected chi connectivity index (χ4v) is 4.13. The Morgan fingerprint density at radius 1 is 1.11 bits per heavy atom. The van der Waals surface area contributed by atoms with E-state index in [1.165, 1.54) is 18.2 Å². The van der Waals surface area contributed by atoms with Gasteiger partial charge in [0.25, 0.3) is 0 Å². The van der Waals surface area contributed by atoms with Gasteiger partial charge in [0.2, 0.25) is 9.84 Å². The summed E-state index contributed by atoms with van der Waals surface area (Å²) in [6.45, 7) is 0.360. The molecule has 0 saturated heterocycles. The number of nitrogens with one attached hydrogen (secondary N) is 2. The maximum Gasteiger partial charge on any atom is 0.319 e. The van der Waals surface area contributed by atoms with Crippen LogP contribution in [0.1, 0.15) is 18.4 Å². The third-order valence-corrected chi connectivity index (χ3v) is 6.21. The van der Waals surface area contributed by atoms with Crippen molar-refractivity contribution in [2.75, 3.05) is 0 Å². The molecule has 0 spiro atoms. The Morgan fingerprint density at radius 2 is 1.89 bits per heavy atom. The number of halogens is 1. The average Bonchev–Trinajstić information content (AvgIpc) is 2.68. The molecule has 8 heteroatoms. The molecule has 0 saturated carbocycles. The summed E-state index contributed by atoms with van der Waals surface area (Å²) in [5.41, 5.74) is 1.55. The van der Waals surface area contributed by atoms with E-state index in [9.17, 15) is 13.2 Å². The van der Waals surface area contributed by atoms with Gasteiger partial charge in [-0.05, 0) is 60.9 Å². The van der Waals surface area contributed by atoms with Crippen LogP contribution < -0.4 is 10.6 Å². The summed E-state index contributed by atoms with van der Waals surface area (Å²) < 4.78 is 25.3. The number of carbonyl (C=O) groups is 1. The first kappa shape index (κ1) is 19.1. The summed E-state index contributed by atoms with van der Waals surface area (Å²) in [7, 11) is -3.55. The van der Waals surface area contributed by atoms with Crippen LogP contribution in [0.4, 0.5) is 4.79 Å². The van der Waals surface area contributed by atoms with E-state index in [0.29, 0.717) is 35.0 Å². The summed E-state index contributed by atoms with van der Waals surface area (Å²) in [5, 5.41) is 5.96. The molecule has 1 aliphatic rings. The van der Waals surface area contributed by atoms with E-state index in [2.05, 4.69) is 15.6 Å². The zero-order valence-electron chi connectivity index (χ0n) is 14.4. The second-order valence-electron chi connectivity index (χ2n) is 5.95. The lowest BCUT2D eigenvalue weighted by atomic mass is 10.1. The molecular weight excluding hydrogens is 386 g/mol. The molecule has 0 radical (unpaired) electrons. The van der Waals surface area contributed by atoms with Gasteiger partial charge in [0.05, 0.1) is 4.90 Å². The molecule has 27 heavy (non-hydrogen) atoms. The second-order valence-corrected chi connectivity index (χ2v) is 8.39. The van der Waals surface area contributed by atoms with Gasteiger partial charge in [-0.1, -0.05) is 17.7 Å². The molecule has 0 aliphatic heterocycles. The van der Waals surface area contributed by atoms with Gasteiger partial charge < -0.3 is 10.6 Å². The Morgan fingerprint density at radius 3 is 2.52 bits per heavy atom. The SMILES string of the molecule is O=C(NCc1cccnc1)NC1=CC=C(S(=O)(=O)c2ccc(Cl)cc2)CC1. The summed E-state index contributed by atoms with van der Waals surface area (Å²) in [5.74, 6) is 0. The minimum absolute atomic E-state index is 0.206. The normalized spacial score (nSPS) is 14.1. The maximum atomic E-state index is 12.6. The predicted octanol–water partition coefficient (Wildman–Crippen LogP) is 3.57. The molecule has 1 aromatic heterocycles. The van der Waals surface area contributed by atoms with Crippen LogP contribution in [0.5, 0.6) is 0 Å². The van der Waals surface area contributed by atoms with Crippen molar-refractivity contribution < 1.29 is 13.2 Å². The van der Waals surface area contributed by atoms with Gasteiger partial charge in [0, 0.05) is 34.6 Å². The summed E-state index contributed by atoms with van der Waals surface area (Å²) in [6.07, 6.45) is 7.24. The second kappa shape index (κ2) is 8.37. The predicted molar refractivity (Wildman–Crippen MR) is 104 cm³/mol. The van der Waals surface area contributed by atoms with Crippen molar-refractivity contribution in [2.45, 2.75) is 24.3 Å². The van der Waals surface area contributed by atoms with Crippen molar-refractivity contribution in [1.82, 2.24) is 15.6 Å². The largest absolute Gasteiger partial charge is 0.334 e. The Kier molecular flexibility index (Phi) is 5.93. The fourth-order valence-electron chi connectivity index (χ4n) is 2.59. The standard InChI is InChI=1S/C19H18ClN3O3S/c20-15-3-7-17(8-4-15)27(25,26)18-9-5-16(6-10-18)23-19(24)22-13-14-2-1-11-21-12-14/h1-5,7-9,11-12H,6,10,13H2,(H2,22,23,24). The lowest BCUT2D eigenvalue weighted by Gasteiger charge is -2.16. The van der Waals surface area contributed by atoms with E-state index >= 15 is 0 Å². The first-order valence-corrected chi connectivity index (χ1v) is 10.2. The molecule has 1 heterocycles. The Labute approximate surface area is 162 Å². The maximum absolute atomic E-state index is 12.6. The van der Waals surface area contributed by atoms with Crippen molar-refractivity contribution in [3.8, 4) is 0 Å². The van der Waals surface area contributed by atoms with Gasteiger partial charge in [-0.2, -0.15) is 0 Å². The van der Waals surface area contributed by atoms with Crippen LogP contribution in [0.25, 0.3) is 0 Å². The molecule has 2 amide bonds. The van der Waals surface area contributed by atoms with Crippen LogP contribution in [0.3, 0.4) is 0 Å². The molecule has 6 nitrogen and oxygen atoms in total. The van der Waals surface area contributed by atoms with Crippen molar-refractivity contribution in [1.29, 1.82) is 0 Å². The number of carbonyl (C=O) groups excluding carboxylic acids is 1. The number of hydrogen-bond donors (Lipinski definition) is 2. The number of hydrogen-bond acceptors (Lipinski definition) is 4. The molecule has 2 aromatic rings. The summed E-state index contributed by atoms with van der Waals surface area (Å²) in [4.78, 5) is 16.5. The summed E-state index contributed by atoms with van der Waals surface area (Å²) in [6, 6.07) is 9.39. The highest BCUT2D eigenvalue weighted by atomic mass is 35.5. The number of sulfone groups is 1. The molecule has 0 bridgehead atoms. The van der Waals surface area contributed by atoms with Crippen molar-refractivity contribution in [3.63, 3.8) is 0 Å². The third kappa shape index (κ3) is 4.96. The lowest BCUT2D eigenvalue weighted by Crippen LogP contribution is -2.34. The van der Waals surface area contributed by atoms with Gasteiger partial charge in [-0.25, -0.2) is 13.2 Å². The van der Waals surface area contributed by atoms with E-state index in [1.807, 2.05) is 6.07 Å². The Hall–Kier alpha value is -2.64. The number of pyridine rings is 1. The molecular formula is C19H18ClN3O3S. The zero-order valence-corrected chi connectivity index (χ0v) is 15.9. The van der Waals surface area contributed by atoms with Gasteiger partial charge in [0.15, 0.2) is 0 Å². The number of allylic oxidation sites excluding steroid dienone is 4. The first-order chi connectivity index (χ1) is 12.9. The molecule has 3 rings (SSSR count). The highest BCUT2D eigenvalue weighted by Crippen LogP contribution is 2.27. The van der Waals surface area contributed by atoms with Gasteiger partial charge in [0.1, 0.15) is 0 Å². The van der Waals surface area contributed by atoms with Crippen molar-refractivity contribution in [2.24, 2.45) is 0 Å². The molecule has 0 fully saturated rings. The van der Waals surface area contributed by atoms with Crippen LogP contribution in [0.15, 0.2) is 76.4 Å². The van der Waals surface area contributed by atoms with Crippen LogP contribution >= 0.6 is 11.6 Å². The highest BCUT2D eigenvalue weighted by molar-refractivity contribution is 7.95. The Balaban J connectivity index is 1.61. The smallest absolute Gasteiger partial charge is 0.319 e. The molecule has 0 atom stereocenters. The number of nitrogens with zero attached hydrogens (tertiary/aromatic N) is 1. The van der Waals surface area contributed by atoms with Crippen LogP contribution in [0, 0.1) is 0 Å². The quantitative estimate of drug-likeness (QED) is 0.798. The minimum atomic E-state index is -3.55. The average molecular weight is 404 g/mol. The fraction of sp³-hybridized carbons (Fsp3) is 0.158. The molecule has 1 aromatic carbocycles. The van der Waals surface area contributed by atoms with Crippen LogP contribution in [0.2, 0.25) is 5.02 Å². The number of aromatic nitrogens is 1. The minimum Gasteiger partial charge on any atom is -0.334 e. The van der Waals surface area contributed by atoms with Crippen LogP contribution in [-0.2, 0) is 16.4 Å².